The van der Waals surface area contributed by atoms with Gasteiger partial charge in [0.15, 0.2) is 0 Å². The van der Waals surface area contributed by atoms with Crippen LogP contribution in [0.15, 0.2) is 36.4 Å². The van der Waals surface area contributed by atoms with E-state index in [0.29, 0.717) is 5.69 Å². The average Bonchev–Trinajstić information content (AvgIpc) is 2.37. The summed E-state index contributed by atoms with van der Waals surface area (Å²) in [4.78, 5) is 0. The third kappa shape index (κ3) is 3.26. The zero-order valence-electron chi connectivity index (χ0n) is 11.7. The van der Waals surface area contributed by atoms with Gasteiger partial charge < -0.3 is 10.1 Å². The van der Waals surface area contributed by atoms with Crippen LogP contribution in [0, 0.1) is 18.6 Å². The minimum atomic E-state index is -0.601. The monoisotopic (exact) mass is 277 g/mol. The maximum atomic E-state index is 13.2. The van der Waals surface area contributed by atoms with Crippen LogP contribution in [0.4, 0.5) is 14.5 Å². The summed E-state index contributed by atoms with van der Waals surface area (Å²) in [7, 11) is 1.60. The van der Waals surface area contributed by atoms with Crippen LogP contribution in [-0.2, 0) is 0 Å². The van der Waals surface area contributed by atoms with Gasteiger partial charge in [0.25, 0.3) is 0 Å². The summed E-state index contributed by atoms with van der Waals surface area (Å²) in [6.45, 7) is 3.89. The zero-order chi connectivity index (χ0) is 14.7. The molecule has 0 saturated heterocycles. The summed E-state index contributed by atoms with van der Waals surface area (Å²) >= 11 is 0. The lowest BCUT2D eigenvalue weighted by Crippen LogP contribution is -2.08. The first kappa shape index (κ1) is 14.3. The summed E-state index contributed by atoms with van der Waals surface area (Å²) in [6, 6.07) is 9.10. The largest absolute Gasteiger partial charge is 0.496 e. The standard InChI is InChI=1S/C16H17F2NO/c1-10-4-5-15(16(6-10)20-3)11(2)19-14-8-12(17)7-13(18)9-14/h4-9,11,19H,1-3H3. The molecule has 0 amide bonds. The van der Waals surface area contributed by atoms with Crippen LogP contribution in [0.1, 0.15) is 24.1 Å². The van der Waals surface area contributed by atoms with Crippen molar-refractivity contribution in [1.82, 2.24) is 0 Å². The lowest BCUT2D eigenvalue weighted by atomic mass is 10.0. The summed E-state index contributed by atoms with van der Waals surface area (Å²) in [5, 5.41) is 3.07. The number of hydrogen-bond donors (Lipinski definition) is 1. The molecular weight excluding hydrogens is 260 g/mol. The van der Waals surface area contributed by atoms with Crippen molar-refractivity contribution < 1.29 is 13.5 Å². The Morgan fingerprint density at radius 1 is 1.05 bits per heavy atom. The summed E-state index contributed by atoms with van der Waals surface area (Å²) in [6.07, 6.45) is 0. The lowest BCUT2D eigenvalue weighted by molar-refractivity contribution is 0.407. The Balaban J connectivity index is 2.25. The third-order valence-electron chi connectivity index (χ3n) is 3.10. The van der Waals surface area contributed by atoms with E-state index < -0.39 is 11.6 Å². The Morgan fingerprint density at radius 2 is 1.70 bits per heavy atom. The molecule has 0 heterocycles. The van der Waals surface area contributed by atoms with Crippen molar-refractivity contribution in [3.63, 3.8) is 0 Å². The van der Waals surface area contributed by atoms with E-state index in [4.69, 9.17) is 4.74 Å². The van der Waals surface area contributed by atoms with E-state index in [-0.39, 0.29) is 6.04 Å². The number of methoxy groups -OCH3 is 1. The predicted molar refractivity (Wildman–Crippen MR) is 76.1 cm³/mol. The summed E-state index contributed by atoms with van der Waals surface area (Å²) in [5.41, 5.74) is 2.43. The van der Waals surface area contributed by atoms with Crippen LogP contribution >= 0.6 is 0 Å². The second-order valence-corrected chi connectivity index (χ2v) is 4.77. The van der Waals surface area contributed by atoms with E-state index in [1.54, 1.807) is 7.11 Å². The molecule has 0 aliphatic rings. The normalized spacial score (nSPS) is 12.1. The molecule has 1 atom stereocenters. The Morgan fingerprint density at radius 3 is 2.30 bits per heavy atom. The van der Waals surface area contributed by atoms with Gasteiger partial charge in [-0.15, -0.1) is 0 Å². The molecule has 0 aliphatic heterocycles. The number of rotatable bonds is 4. The van der Waals surface area contributed by atoms with E-state index >= 15 is 0 Å². The number of ether oxygens (including phenoxy) is 1. The smallest absolute Gasteiger partial charge is 0.128 e. The van der Waals surface area contributed by atoms with Gasteiger partial charge in [-0.05, 0) is 37.6 Å². The quantitative estimate of drug-likeness (QED) is 0.891. The fourth-order valence-electron chi connectivity index (χ4n) is 2.14. The second kappa shape index (κ2) is 5.90. The van der Waals surface area contributed by atoms with Gasteiger partial charge in [-0.3, -0.25) is 0 Å². The van der Waals surface area contributed by atoms with Crippen molar-refractivity contribution in [3.8, 4) is 5.75 Å². The minimum absolute atomic E-state index is 0.133. The molecule has 1 unspecified atom stereocenters. The molecule has 2 rings (SSSR count). The predicted octanol–water partition coefficient (Wildman–Crippen LogP) is 4.45. The van der Waals surface area contributed by atoms with E-state index in [2.05, 4.69) is 5.32 Å². The molecule has 0 aliphatic carbocycles. The third-order valence-corrected chi connectivity index (χ3v) is 3.10. The van der Waals surface area contributed by atoms with Crippen molar-refractivity contribution in [1.29, 1.82) is 0 Å². The Bertz CT molecular complexity index is 593. The van der Waals surface area contributed by atoms with Crippen LogP contribution in [0.2, 0.25) is 0 Å². The van der Waals surface area contributed by atoms with Crippen LogP contribution in [0.3, 0.4) is 0 Å². The summed E-state index contributed by atoms with van der Waals surface area (Å²) < 4.78 is 31.7. The van der Waals surface area contributed by atoms with Crippen LogP contribution in [0.5, 0.6) is 5.75 Å². The van der Waals surface area contributed by atoms with Crippen LogP contribution < -0.4 is 10.1 Å². The molecule has 2 aromatic rings. The lowest BCUT2D eigenvalue weighted by Gasteiger charge is -2.19. The molecule has 0 spiro atoms. The number of benzene rings is 2. The van der Waals surface area contributed by atoms with Crippen molar-refractivity contribution in [2.75, 3.05) is 12.4 Å². The molecular formula is C16H17F2NO. The van der Waals surface area contributed by atoms with Gasteiger partial charge in [0.05, 0.1) is 13.2 Å². The first-order valence-electron chi connectivity index (χ1n) is 6.37. The molecule has 1 N–H and O–H groups in total. The highest BCUT2D eigenvalue weighted by atomic mass is 19.1. The Labute approximate surface area is 117 Å². The maximum Gasteiger partial charge on any atom is 0.128 e. The molecule has 106 valence electrons. The fraction of sp³-hybridized carbons (Fsp3) is 0.250. The molecule has 2 aromatic carbocycles. The number of nitrogens with one attached hydrogen (secondary N) is 1. The van der Waals surface area contributed by atoms with Crippen LogP contribution in [0.25, 0.3) is 0 Å². The van der Waals surface area contributed by atoms with Crippen molar-refractivity contribution in [2.24, 2.45) is 0 Å². The number of hydrogen-bond acceptors (Lipinski definition) is 2. The zero-order valence-corrected chi connectivity index (χ0v) is 11.7. The Kier molecular flexibility index (Phi) is 4.23. The molecule has 0 radical (unpaired) electrons. The van der Waals surface area contributed by atoms with Crippen LogP contribution in [-0.4, -0.2) is 7.11 Å². The first-order chi connectivity index (χ1) is 9.49. The van der Waals surface area contributed by atoms with Crippen molar-refractivity contribution >= 4 is 5.69 Å². The van der Waals surface area contributed by atoms with Gasteiger partial charge in [0.1, 0.15) is 17.4 Å². The van der Waals surface area contributed by atoms with Gasteiger partial charge in [0, 0.05) is 17.3 Å². The van der Waals surface area contributed by atoms with Gasteiger partial charge >= 0.3 is 0 Å². The topological polar surface area (TPSA) is 21.3 Å². The highest BCUT2D eigenvalue weighted by molar-refractivity contribution is 5.48. The van der Waals surface area contributed by atoms with E-state index in [1.807, 2.05) is 32.0 Å². The molecule has 4 heteroatoms. The molecule has 20 heavy (non-hydrogen) atoms. The van der Waals surface area contributed by atoms with Gasteiger partial charge in [-0.2, -0.15) is 0 Å². The minimum Gasteiger partial charge on any atom is -0.496 e. The van der Waals surface area contributed by atoms with E-state index in [1.165, 1.54) is 12.1 Å². The molecule has 0 bridgehead atoms. The average molecular weight is 277 g/mol. The highest BCUT2D eigenvalue weighted by Crippen LogP contribution is 2.29. The maximum absolute atomic E-state index is 13.2. The number of halogens is 2. The highest BCUT2D eigenvalue weighted by Gasteiger charge is 2.12. The Hall–Kier alpha value is -2.10. The number of anilines is 1. The molecule has 0 aromatic heterocycles. The van der Waals surface area contributed by atoms with Gasteiger partial charge in [0.2, 0.25) is 0 Å². The van der Waals surface area contributed by atoms with Crippen molar-refractivity contribution in [3.05, 3.63) is 59.2 Å². The number of aryl methyl sites for hydroxylation is 1. The molecule has 0 saturated carbocycles. The van der Waals surface area contributed by atoms with Gasteiger partial charge in [-0.25, -0.2) is 8.78 Å². The fourth-order valence-corrected chi connectivity index (χ4v) is 2.14. The van der Waals surface area contributed by atoms with Crippen molar-refractivity contribution in [2.45, 2.75) is 19.9 Å². The van der Waals surface area contributed by atoms with Gasteiger partial charge in [-0.1, -0.05) is 12.1 Å². The second-order valence-electron chi connectivity index (χ2n) is 4.77. The van der Waals surface area contributed by atoms with E-state index in [0.717, 1.165) is 22.9 Å². The first-order valence-corrected chi connectivity index (χ1v) is 6.37. The SMILES string of the molecule is COc1cc(C)ccc1C(C)Nc1cc(F)cc(F)c1. The summed E-state index contributed by atoms with van der Waals surface area (Å²) in [5.74, 6) is -0.451. The molecule has 0 fully saturated rings. The van der Waals surface area contributed by atoms with E-state index in [9.17, 15) is 8.78 Å². The molecule has 2 nitrogen and oxygen atoms in total.